The van der Waals surface area contributed by atoms with Crippen LogP contribution >= 0.6 is 0 Å². The van der Waals surface area contributed by atoms with Gasteiger partial charge in [-0.15, -0.1) is 0 Å². The highest BCUT2D eigenvalue weighted by Gasteiger charge is 2.29. The van der Waals surface area contributed by atoms with Gasteiger partial charge in [-0.3, -0.25) is 0 Å². The van der Waals surface area contributed by atoms with Crippen LogP contribution < -0.4 is 5.73 Å². The lowest BCUT2D eigenvalue weighted by Gasteiger charge is -2.19. The van der Waals surface area contributed by atoms with Gasteiger partial charge < -0.3 is 10.5 Å². The maximum Gasteiger partial charge on any atom is 0.340 e. The topological polar surface area (TPSA) is 86.5 Å². The number of hydrogen-bond donors (Lipinski definition) is 1. The van der Waals surface area contributed by atoms with Crippen molar-refractivity contribution >= 4 is 21.5 Å². The summed E-state index contributed by atoms with van der Waals surface area (Å²) >= 11 is 0. The molecule has 112 valence electrons. The van der Waals surface area contributed by atoms with E-state index in [2.05, 4.69) is 0 Å². The van der Waals surface area contributed by atoms with Crippen molar-refractivity contribution in [1.82, 2.24) is 0 Å². The molecule has 0 atom stereocenters. The van der Waals surface area contributed by atoms with Gasteiger partial charge in [-0.05, 0) is 39.3 Å². The number of anilines is 1. The predicted molar refractivity (Wildman–Crippen MR) is 79.4 cm³/mol. The first kappa shape index (κ1) is 16.5. The summed E-state index contributed by atoms with van der Waals surface area (Å²) in [6.07, 6.45) is 0. The lowest BCUT2D eigenvalue weighted by molar-refractivity contribution is 0.0529. The number of benzene rings is 1. The number of sulfone groups is 1. The van der Waals surface area contributed by atoms with Gasteiger partial charge in [0.2, 0.25) is 0 Å². The quantitative estimate of drug-likeness (QED) is 0.678. The molecular formula is C14H21NO4S. The molecule has 1 aromatic carbocycles. The molecule has 6 heteroatoms. The molecule has 0 spiro atoms. The molecule has 1 aromatic rings. The van der Waals surface area contributed by atoms with Crippen molar-refractivity contribution < 1.29 is 17.9 Å². The van der Waals surface area contributed by atoms with Crippen molar-refractivity contribution in [1.29, 1.82) is 0 Å². The fourth-order valence-electron chi connectivity index (χ4n) is 1.59. The van der Waals surface area contributed by atoms with Crippen molar-refractivity contribution in [2.24, 2.45) is 0 Å². The molecule has 0 bridgehead atoms. The van der Waals surface area contributed by atoms with E-state index >= 15 is 0 Å². The molecule has 0 aliphatic rings. The average Bonchev–Trinajstić information content (AvgIpc) is 2.26. The van der Waals surface area contributed by atoms with E-state index in [-0.39, 0.29) is 12.4 Å². The van der Waals surface area contributed by atoms with Crippen LogP contribution in [0.4, 0.5) is 5.69 Å². The fourth-order valence-corrected chi connectivity index (χ4v) is 2.51. The second-order valence-electron chi connectivity index (χ2n) is 5.61. The second kappa shape index (κ2) is 5.83. The van der Waals surface area contributed by atoms with E-state index in [0.717, 1.165) is 0 Å². The van der Waals surface area contributed by atoms with Gasteiger partial charge in [-0.2, -0.15) is 0 Å². The third-order valence-corrected chi connectivity index (χ3v) is 5.60. The van der Waals surface area contributed by atoms with Crippen LogP contribution in [0.25, 0.3) is 0 Å². The maximum absolute atomic E-state index is 11.9. The molecule has 0 aliphatic heterocycles. The van der Waals surface area contributed by atoms with Crippen molar-refractivity contribution in [3.8, 4) is 0 Å². The molecule has 0 heterocycles. The summed E-state index contributed by atoms with van der Waals surface area (Å²) in [5.74, 6) is -0.793. The molecule has 0 amide bonds. The van der Waals surface area contributed by atoms with Gasteiger partial charge >= 0.3 is 5.97 Å². The molecular weight excluding hydrogens is 278 g/mol. The van der Waals surface area contributed by atoms with E-state index in [1.54, 1.807) is 45.9 Å². The molecule has 0 saturated heterocycles. The van der Waals surface area contributed by atoms with Crippen LogP contribution in [0.3, 0.4) is 0 Å². The molecule has 0 fully saturated rings. The normalized spacial score (nSPS) is 12.2. The van der Waals surface area contributed by atoms with Gasteiger partial charge in [0.25, 0.3) is 0 Å². The van der Waals surface area contributed by atoms with Gasteiger partial charge in [0, 0.05) is 5.69 Å². The Labute approximate surface area is 120 Å². The first-order chi connectivity index (χ1) is 9.06. The molecule has 5 nitrogen and oxygen atoms in total. The smallest absolute Gasteiger partial charge is 0.340 e. The zero-order valence-corrected chi connectivity index (χ0v) is 13.1. The largest absolute Gasteiger partial charge is 0.461 e. The first-order valence-corrected chi connectivity index (χ1v) is 7.96. The Morgan fingerprint density at radius 2 is 1.90 bits per heavy atom. The summed E-state index contributed by atoms with van der Waals surface area (Å²) in [6.45, 7) is 6.42. The van der Waals surface area contributed by atoms with Crippen LogP contribution in [0.5, 0.6) is 0 Å². The van der Waals surface area contributed by atoms with Gasteiger partial charge in [0.1, 0.15) is 6.61 Å². The SMILES string of the molecule is Cc1cccc(N)c1C(=O)OCCS(=O)(=O)C(C)(C)C. The van der Waals surface area contributed by atoms with E-state index in [4.69, 9.17) is 10.5 Å². The minimum atomic E-state index is -3.30. The summed E-state index contributed by atoms with van der Waals surface area (Å²) in [5.41, 5.74) is 7.05. The number of carbonyl (C=O) groups is 1. The number of rotatable bonds is 4. The number of nitrogen functional groups attached to an aromatic ring is 1. The standard InChI is InChI=1S/C14H21NO4S/c1-10-6-5-7-11(15)12(10)13(16)19-8-9-20(17,18)14(2,3)4/h5-7H,8-9,15H2,1-4H3. The maximum atomic E-state index is 11.9. The number of nitrogens with two attached hydrogens (primary N) is 1. The van der Waals surface area contributed by atoms with Crippen LogP contribution in [-0.2, 0) is 14.6 Å². The Bertz CT molecular complexity index is 580. The second-order valence-corrected chi connectivity index (χ2v) is 8.47. The van der Waals surface area contributed by atoms with Crippen molar-refractivity contribution in [2.75, 3.05) is 18.1 Å². The summed E-state index contributed by atoms with van der Waals surface area (Å²) in [7, 11) is -3.30. The Morgan fingerprint density at radius 3 is 2.40 bits per heavy atom. The highest BCUT2D eigenvalue weighted by molar-refractivity contribution is 7.92. The molecule has 0 radical (unpaired) electrons. The minimum absolute atomic E-state index is 0.174. The van der Waals surface area contributed by atoms with Crippen LogP contribution in [0.1, 0.15) is 36.7 Å². The van der Waals surface area contributed by atoms with E-state index in [9.17, 15) is 13.2 Å². The molecule has 20 heavy (non-hydrogen) atoms. The van der Waals surface area contributed by atoms with Crippen LogP contribution in [-0.4, -0.2) is 31.5 Å². The minimum Gasteiger partial charge on any atom is -0.461 e. The highest BCUT2D eigenvalue weighted by Crippen LogP contribution is 2.18. The predicted octanol–water partition coefficient (Wildman–Crippen LogP) is 1.95. The Hall–Kier alpha value is -1.56. The van der Waals surface area contributed by atoms with E-state index in [1.807, 2.05) is 0 Å². The van der Waals surface area contributed by atoms with Crippen LogP contribution in [0.15, 0.2) is 18.2 Å². The van der Waals surface area contributed by atoms with Crippen LogP contribution in [0.2, 0.25) is 0 Å². The first-order valence-electron chi connectivity index (χ1n) is 6.31. The number of aryl methyl sites for hydroxylation is 1. The average molecular weight is 299 g/mol. The van der Waals surface area contributed by atoms with Crippen molar-refractivity contribution in [2.45, 2.75) is 32.4 Å². The molecule has 0 unspecified atom stereocenters. The molecule has 0 aliphatic carbocycles. The highest BCUT2D eigenvalue weighted by atomic mass is 32.2. The number of hydrogen-bond acceptors (Lipinski definition) is 5. The van der Waals surface area contributed by atoms with E-state index in [1.165, 1.54) is 0 Å². The Balaban J connectivity index is 2.71. The van der Waals surface area contributed by atoms with Gasteiger partial charge in [0.05, 0.1) is 16.1 Å². The Kier molecular flexibility index (Phi) is 4.81. The summed E-state index contributed by atoms with van der Waals surface area (Å²) in [4.78, 5) is 11.9. The zero-order valence-electron chi connectivity index (χ0n) is 12.3. The third kappa shape index (κ3) is 3.72. The summed E-state index contributed by atoms with van der Waals surface area (Å²) in [6, 6.07) is 5.10. The van der Waals surface area contributed by atoms with Crippen LogP contribution in [0, 0.1) is 6.92 Å². The lowest BCUT2D eigenvalue weighted by atomic mass is 10.1. The number of esters is 1. The summed E-state index contributed by atoms with van der Waals surface area (Å²) in [5, 5.41) is 0. The van der Waals surface area contributed by atoms with Crippen molar-refractivity contribution in [3.05, 3.63) is 29.3 Å². The van der Waals surface area contributed by atoms with E-state index in [0.29, 0.717) is 16.8 Å². The molecule has 2 N–H and O–H groups in total. The van der Waals surface area contributed by atoms with Gasteiger partial charge in [0.15, 0.2) is 9.84 Å². The van der Waals surface area contributed by atoms with Gasteiger partial charge in [-0.1, -0.05) is 12.1 Å². The molecule has 0 aromatic heterocycles. The monoisotopic (exact) mass is 299 g/mol. The number of ether oxygens (including phenoxy) is 1. The summed E-state index contributed by atoms with van der Waals surface area (Å²) < 4.78 is 27.9. The van der Waals surface area contributed by atoms with E-state index < -0.39 is 20.6 Å². The third-order valence-electron chi connectivity index (χ3n) is 3.03. The zero-order chi connectivity index (χ0) is 15.6. The van der Waals surface area contributed by atoms with Crippen molar-refractivity contribution in [3.63, 3.8) is 0 Å². The van der Waals surface area contributed by atoms with Gasteiger partial charge in [-0.25, -0.2) is 13.2 Å². The molecule has 0 saturated carbocycles. The number of carbonyl (C=O) groups excluding carboxylic acids is 1. The lowest BCUT2D eigenvalue weighted by Crippen LogP contribution is -2.32. The Morgan fingerprint density at radius 1 is 1.30 bits per heavy atom. The fraction of sp³-hybridized carbons (Fsp3) is 0.500. The molecule has 1 rings (SSSR count).